The molecule has 6 nitrogen and oxygen atoms in total. The molecule has 0 spiro atoms. The Balaban J connectivity index is 3.39. The molecule has 0 saturated heterocycles. The van der Waals surface area contributed by atoms with E-state index >= 15 is 0 Å². The van der Waals surface area contributed by atoms with Gasteiger partial charge in [0.2, 0.25) is 0 Å². The van der Waals surface area contributed by atoms with Gasteiger partial charge in [-0.25, -0.2) is 0 Å². The number of aromatic nitrogens is 1. The van der Waals surface area contributed by atoms with Crippen LogP contribution in [-0.2, 0) is 0 Å². The Bertz CT molecular complexity index is 415. The maximum absolute atomic E-state index is 10.7. The van der Waals surface area contributed by atoms with Crippen LogP contribution in [0.3, 0.4) is 0 Å². The summed E-state index contributed by atoms with van der Waals surface area (Å²) in [5.41, 5.74) is -1.37. The average Bonchev–Trinajstić information content (AvgIpc) is 2.05. The van der Waals surface area contributed by atoms with Crippen molar-refractivity contribution in [3.8, 4) is 6.07 Å². The molecule has 0 amide bonds. The number of hydrogen-bond acceptors (Lipinski definition) is 4. The smallest absolute Gasteiger partial charge is 0.322 e. The number of nitrogens with one attached hydrogen (secondary N) is 1. The van der Waals surface area contributed by atoms with E-state index in [1.165, 1.54) is 0 Å². The minimum absolute atomic E-state index is 0.0568. The summed E-state index contributed by atoms with van der Waals surface area (Å²) in [4.78, 5) is 22.1. The number of nitrogens with zero attached hydrogens (tertiary/aromatic N) is 2. The summed E-state index contributed by atoms with van der Waals surface area (Å²) >= 11 is 0. The predicted molar refractivity (Wildman–Crippen MR) is 38.4 cm³/mol. The van der Waals surface area contributed by atoms with Crippen LogP contribution in [0, 0.1) is 21.4 Å². The average molecular weight is 165 g/mol. The highest BCUT2D eigenvalue weighted by Crippen LogP contribution is 2.03. The molecule has 0 aliphatic heterocycles. The summed E-state index contributed by atoms with van der Waals surface area (Å²) in [6.07, 6.45) is 1.12. The topological polar surface area (TPSA) is 99.8 Å². The summed E-state index contributed by atoms with van der Waals surface area (Å²) < 4.78 is 0. The molecule has 1 aromatic rings. The summed E-state index contributed by atoms with van der Waals surface area (Å²) in [7, 11) is 0. The van der Waals surface area contributed by atoms with Gasteiger partial charge >= 0.3 is 11.2 Å². The van der Waals surface area contributed by atoms with Crippen molar-refractivity contribution in [3.63, 3.8) is 0 Å². The van der Waals surface area contributed by atoms with Gasteiger partial charge in [0.05, 0.1) is 10.5 Å². The van der Waals surface area contributed by atoms with E-state index in [1.807, 2.05) is 0 Å². The summed E-state index contributed by atoms with van der Waals surface area (Å²) in [6, 6.07) is 2.60. The molecule has 0 radical (unpaired) electrons. The van der Waals surface area contributed by atoms with E-state index in [9.17, 15) is 14.9 Å². The van der Waals surface area contributed by atoms with Crippen molar-refractivity contribution in [1.29, 1.82) is 5.26 Å². The van der Waals surface area contributed by atoms with Crippen LogP contribution in [0.15, 0.2) is 17.1 Å². The number of nitro groups is 1. The summed E-state index contributed by atoms with van der Waals surface area (Å²) in [6.45, 7) is 0. The molecule has 0 aliphatic rings. The van der Waals surface area contributed by atoms with Crippen molar-refractivity contribution in [1.82, 2.24) is 4.98 Å². The van der Waals surface area contributed by atoms with Crippen molar-refractivity contribution in [2.45, 2.75) is 0 Å². The minimum atomic E-state index is -0.834. The van der Waals surface area contributed by atoms with E-state index in [-0.39, 0.29) is 5.56 Å². The third-order valence-corrected chi connectivity index (χ3v) is 1.21. The van der Waals surface area contributed by atoms with E-state index in [1.54, 1.807) is 6.07 Å². The Hall–Kier alpha value is -2.16. The van der Waals surface area contributed by atoms with Gasteiger partial charge in [0.15, 0.2) is 0 Å². The van der Waals surface area contributed by atoms with E-state index in [0.29, 0.717) is 0 Å². The molecular weight excluding hydrogens is 162 g/mol. The maximum atomic E-state index is 10.7. The lowest BCUT2D eigenvalue weighted by atomic mass is 10.3. The van der Waals surface area contributed by atoms with Crippen molar-refractivity contribution >= 4 is 5.69 Å². The largest absolute Gasteiger partial charge is 0.335 e. The van der Waals surface area contributed by atoms with Crippen molar-refractivity contribution < 1.29 is 4.92 Å². The molecule has 12 heavy (non-hydrogen) atoms. The summed E-state index contributed by atoms with van der Waals surface area (Å²) in [5.74, 6) is 0. The number of aromatic amines is 1. The van der Waals surface area contributed by atoms with Gasteiger partial charge in [0, 0.05) is 12.3 Å². The number of H-pyrrole nitrogens is 1. The highest BCUT2D eigenvalue weighted by molar-refractivity contribution is 5.36. The van der Waals surface area contributed by atoms with Gasteiger partial charge in [-0.2, -0.15) is 5.26 Å². The first-order valence-electron chi connectivity index (χ1n) is 2.92. The Morgan fingerprint density at radius 3 is 2.83 bits per heavy atom. The van der Waals surface area contributed by atoms with E-state index in [0.717, 1.165) is 12.3 Å². The van der Waals surface area contributed by atoms with Gasteiger partial charge in [0.1, 0.15) is 6.07 Å². The predicted octanol–water partition coefficient (Wildman–Crippen LogP) is 0.155. The van der Waals surface area contributed by atoms with Gasteiger partial charge in [-0.3, -0.25) is 14.9 Å². The van der Waals surface area contributed by atoms with E-state index in [2.05, 4.69) is 4.98 Å². The molecular formula is C6H3N3O3. The molecule has 60 valence electrons. The lowest BCUT2D eigenvalue weighted by molar-refractivity contribution is -0.386. The molecule has 1 N–H and O–H groups in total. The molecule has 0 atom stereocenters. The number of hydrogen-bond donors (Lipinski definition) is 1. The Morgan fingerprint density at radius 2 is 2.33 bits per heavy atom. The highest BCUT2D eigenvalue weighted by Gasteiger charge is 2.11. The molecule has 0 saturated carbocycles. The van der Waals surface area contributed by atoms with Crippen molar-refractivity contribution in [2.75, 3.05) is 0 Å². The second-order valence-corrected chi connectivity index (χ2v) is 1.97. The van der Waals surface area contributed by atoms with Crippen LogP contribution in [-0.4, -0.2) is 9.91 Å². The van der Waals surface area contributed by atoms with Crippen LogP contribution in [0.1, 0.15) is 5.56 Å². The second kappa shape index (κ2) is 2.84. The maximum Gasteiger partial charge on any atom is 0.335 e. The lowest BCUT2D eigenvalue weighted by Crippen LogP contribution is -2.10. The van der Waals surface area contributed by atoms with Gasteiger partial charge < -0.3 is 4.98 Å². The lowest BCUT2D eigenvalue weighted by Gasteiger charge is -1.89. The molecule has 0 aliphatic carbocycles. The molecule has 1 heterocycles. The first-order valence-corrected chi connectivity index (χ1v) is 2.92. The first-order chi connectivity index (χ1) is 5.65. The summed E-state index contributed by atoms with van der Waals surface area (Å²) in [5, 5.41) is 18.5. The Kier molecular flexibility index (Phi) is 1.88. The molecule has 6 heteroatoms. The molecule has 0 fully saturated rings. The van der Waals surface area contributed by atoms with Crippen LogP contribution in [0.5, 0.6) is 0 Å². The van der Waals surface area contributed by atoms with Crippen LogP contribution in [0.4, 0.5) is 5.69 Å². The number of nitriles is 1. The minimum Gasteiger partial charge on any atom is -0.322 e. The van der Waals surface area contributed by atoms with Crippen molar-refractivity contribution in [2.24, 2.45) is 0 Å². The fourth-order valence-corrected chi connectivity index (χ4v) is 0.672. The van der Waals surface area contributed by atoms with Crippen LogP contribution in [0.25, 0.3) is 0 Å². The zero-order chi connectivity index (χ0) is 9.14. The van der Waals surface area contributed by atoms with Crippen LogP contribution in [0.2, 0.25) is 0 Å². The highest BCUT2D eigenvalue weighted by atomic mass is 16.6. The normalized spacial score (nSPS) is 8.92. The zero-order valence-corrected chi connectivity index (χ0v) is 5.77. The number of rotatable bonds is 1. The SMILES string of the molecule is N#Cc1c[nH]c(=O)c([N+](=O)[O-])c1. The molecule has 1 aromatic heterocycles. The third kappa shape index (κ3) is 1.29. The second-order valence-electron chi connectivity index (χ2n) is 1.97. The number of pyridine rings is 1. The van der Waals surface area contributed by atoms with Crippen LogP contribution >= 0.6 is 0 Å². The molecule has 0 unspecified atom stereocenters. The van der Waals surface area contributed by atoms with E-state index in [4.69, 9.17) is 5.26 Å². The van der Waals surface area contributed by atoms with Gasteiger partial charge in [-0.15, -0.1) is 0 Å². The van der Waals surface area contributed by atoms with Crippen LogP contribution < -0.4 is 5.56 Å². The zero-order valence-electron chi connectivity index (χ0n) is 5.77. The fraction of sp³-hybridized carbons (Fsp3) is 0. The molecule has 0 aromatic carbocycles. The first kappa shape index (κ1) is 7.94. The monoisotopic (exact) mass is 165 g/mol. The Labute approximate surface area is 66.2 Å². The van der Waals surface area contributed by atoms with Gasteiger partial charge in [-0.1, -0.05) is 0 Å². The Morgan fingerprint density at radius 1 is 1.67 bits per heavy atom. The van der Waals surface area contributed by atoms with E-state index < -0.39 is 16.2 Å². The van der Waals surface area contributed by atoms with Gasteiger partial charge in [0.25, 0.3) is 0 Å². The molecule has 1 rings (SSSR count). The third-order valence-electron chi connectivity index (χ3n) is 1.21. The fourth-order valence-electron chi connectivity index (χ4n) is 0.672. The van der Waals surface area contributed by atoms with Gasteiger partial charge in [-0.05, 0) is 0 Å². The van der Waals surface area contributed by atoms with Crippen molar-refractivity contribution in [3.05, 3.63) is 38.3 Å². The quantitative estimate of drug-likeness (QED) is 0.472. The molecule has 0 bridgehead atoms. The standard InChI is InChI=1S/C6H3N3O3/c7-2-4-1-5(9(11)12)6(10)8-3-4/h1,3H,(H,8,10).